The van der Waals surface area contributed by atoms with E-state index in [1.807, 2.05) is 36.4 Å². The van der Waals surface area contributed by atoms with Gasteiger partial charge in [-0.05, 0) is 11.6 Å². The molecule has 1 radical (unpaired) electrons. The molecule has 1 aromatic carbocycles. The number of hydrogen-bond donors (Lipinski definition) is 0. The van der Waals surface area contributed by atoms with Gasteiger partial charge in [-0.3, -0.25) is 0 Å². The molecule has 0 amide bonds. The van der Waals surface area contributed by atoms with Gasteiger partial charge in [-0.1, -0.05) is 49.1 Å². The molecular formula is C10H9. The average molecular weight is 129 g/mol. The zero-order valence-electron chi connectivity index (χ0n) is 5.75. The molecule has 0 aliphatic heterocycles. The summed E-state index contributed by atoms with van der Waals surface area (Å²) in [6.45, 7) is 3.58. The van der Waals surface area contributed by atoms with Gasteiger partial charge in [0.05, 0.1) is 0 Å². The van der Waals surface area contributed by atoms with E-state index >= 15 is 0 Å². The van der Waals surface area contributed by atoms with Crippen molar-refractivity contribution in [3.05, 3.63) is 54.6 Å². The first-order chi connectivity index (χ1) is 4.93. The Labute approximate surface area is 61.5 Å². The lowest BCUT2D eigenvalue weighted by atomic mass is 10.2. The van der Waals surface area contributed by atoms with Crippen molar-refractivity contribution in [1.82, 2.24) is 0 Å². The van der Waals surface area contributed by atoms with Crippen molar-refractivity contribution in [3.8, 4) is 0 Å². The highest BCUT2D eigenvalue weighted by Gasteiger charge is 1.78. The number of benzene rings is 1. The van der Waals surface area contributed by atoms with Crippen LogP contribution in [0.15, 0.2) is 43.0 Å². The normalized spacial score (nSPS) is 10.0. The minimum Gasteiger partial charge on any atom is -0.0991 e. The van der Waals surface area contributed by atoms with Gasteiger partial charge in [0.1, 0.15) is 0 Å². The van der Waals surface area contributed by atoms with Crippen LogP contribution in [0, 0.1) is 6.07 Å². The highest BCUT2D eigenvalue weighted by atomic mass is 13.8. The monoisotopic (exact) mass is 129 g/mol. The van der Waals surface area contributed by atoms with Gasteiger partial charge in [0.15, 0.2) is 0 Å². The van der Waals surface area contributed by atoms with E-state index < -0.39 is 0 Å². The molecule has 10 heavy (non-hydrogen) atoms. The molecule has 0 atom stereocenters. The summed E-state index contributed by atoms with van der Waals surface area (Å²) in [6.07, 6.45) is 5.67. The van der Waals surface area contributed by atoms with Crippen LogP contribution in [0.1, 0.15) is 5.56 Å². The van der Waals surface area contributed by atoms with Gasteiger partial charge in [-0.25, -0.2) is 0 Å². The second kappa shape index (κ2) is 3.67. The molecule has 49 valence electrons. The molecule has 0 aliphatic carbocycles. The van der Waals surface area contributed by atoms with Crippen LogP contribution in [-0.4, -0.2) is 0 Å². The summed E-state index contributed by atoms with van der Waals surface area (Å²) < 4.78 is 0. The molecule has 1 rings (SSSR count). The Kier molecular flexibility index (Phi) is 2.50. The molecule has 0 saturated heterocycles. The molecule has 1 aromatic rings. The fourth-order valence-electron chi connectivity index (χ4n) is 0.690. The van der Waals surface area contributed by atoms with E-state index in [0.29, 0.717) is 0 Å². The van der Waals surface area contributed by atoms with Crippen LogP contribution in [0.2, 0.25) is 0 Å². The minimum atomic E-state index is 1.18. The van der Waals surface area contributed by atoms with Crippen LogP contribution in [0.4, 0.5) is 0 Å². The largest absolute Gasteiger partial charge is 0.0991 e. The predicted octanol–water partition coefficient (Wildman–Crippen LogP) is 2.69. The smallest absolute Gasteiger partial charge is 0.0184 e. The van der Waals surface area contributed by atoms with Crippen molar-refractivity contribution in [2.45, 2.75) is 0 Å². The summed E-state index contributed by atoms with van der Waals surface area (Å²) >= 11 is 0. The van der Waals surface area contributed by atoms with Gasteiger partial charge >= 0.3 is 0 Å². The lowest BCUT2D eigenvalue weighted by molar-refractivity contribution is 1.65. The van der Waals surface area contributed by atoms with E-state index in [0.717, 1.165) is 0 Å². The lowest BCUT2D eigenvalue weighted by Crippen LogP contribution is -1.66. The van der Waals surface area contributed by atoms with Crippen molar-refractivity contribution in [1.29, 1.82) is 0 Å². The van der Waals surface area contributed by atoms with Gasteiger partial charge in [0.2, 0.25) is 0 Å². The molecular weight excluding hydrogens is 120 g/mol. The zero-order chi connectivity index (χ0) is 7.23. The van der Waals surface area contributed by atoms with Crippen LogP contribution in [-0.2, 0) is 0 Å². The Morgan fingerprint density at radius 1 is 1.30 bits per heavy atom. The van der Waals surface area contributed by atoms with E-state index in [2.05, 4.69) is 12.6 Å². The van der Waals surface area contributed by atoms with Crippen LogP contribution >= 0.6 is 0 Å². The van der Waals surface area contributed by atoms with Crippen LogP contribution in [0.3, 0.4) is 0 Å². The van der Waals surface area contributed by atoms with Crippen LogP contribution < -0.4 is 0 Å². The van der Waals surface area contributed by atoms with Crippen molar-refractivity contribution in [3.63, 3.8) is 0 Å². The summed E-state index contributed by atoms with van der Waals surface area (Å²) in [7, 11) is 0. The molecule has 0 heteroatoms. The summed E-state index contributed by atoms with van der Waals surface area (Å²) in [5.41, 5.74) is 1.18. The lowest BCUT2D eigenvalue weighted by Gasteiger charge is -1.86. The molecule has 0 aliphatic rings. The van der Waals surface area contributed by atoms with Gasteiger partial charge in [0, 0.05) is 0 Å². The SMILES string of the molecule is C=CC=Cc1cc[c]cc1. The van der Waals surface area contributed by atoms with Crippen molar-refractivity contribution < 1.29 is 0 Å². The van der Waals surface area contributed by atoms with Gasteiger partial charge < -0.3 is 0 Å². The predicted molar refractivity (Wildman–Crippen MR) is 44.5 cm³/mol. The fraction of sp³-hybridized carbons (Fsp3) is 0. The summed E-state index contributed by atoms with van der Waals surface area (Å²) in [6, 6.07) is 10.7. The molecule has 0 nitrogen and oxygen atoms in total. The summed E-state index contributed by atoms with van der Waals surface area (Å²) in [4.78, 5) is 0. The molecule has 0 bridgehead atoms. The molecule has 0 spiro atoms. The Morgan fingerprint density at radius 2 is 2.00 bits per heavy atom. The quantitative estimate of drug-likeness (QED) is 0.538. The van der Waals surface area contributed by atoms with Crippen molar-refractivity contribution in [2.75, 3.05) is 0 Å². The second-order valence-corrected chi connectivity index (χ2v) is 1.93. The number of hydrogen-bond acceptors (Lipinski definition) is 0. The van der Waals surface area contributed by atoms with E-state index in [4.69, 9.17) is 0 Å². The third-order valence-electron chi connectivity index (χ3n) is 1.17. The second-order valence-electron chi connectivity index (χ2n) is 1.93. The third-order valence-corrected chi connectivity index (χ3v) is 1.17. The summed E-state index contributed by atoms with van der Waals surface area (Å²) in [5.74, 6) is 0. The van der Waals surface area contributed by atoms with Crippen LogP contribution in [0.25, 0.3) is 6.08 Å². The first kappa shape index (κ1) is 6.81. The molecule has 0 unspecified atom stereocenters. The highest BCUT2D eigenvalue weighted by molar-refractivity contribution is 5.50. The number of rotatable bonds is 2. The Morgan fingerprint density at radius 3 is 2.60 bits per heavy atom. The highest BCUT2D eigenvalue weighted by Crippen LogP contribution is 1.99. The van der Waals surface area contributed by atoms with Gasteiger partial charge in [0.25, 0.3) is 0 Å². The van der Waals surface area contributed by atoms with Crippen LogP contribution in [0.5, 0.6) is 0 Å². The molecule has 0 aromatic heterocycles. The molecule has 0 heterocycles. The standard InChI is InChI=1S/C10H9/c1-2-3-7-10-8-5-4-6-9-10/h2-3,5-9H,1H2. The Balaban J connectivity index is 2.76. The molecule has 0 saturated carbocycles. The van der Waals surface area contributed by atoms with Crippen molar-refractivity contribution in [2.24, 2.45) is 0 Å². The van der Waals surface area contributed by atoms with E-state index in [9.17, 15) is 0 Å². The van der Waals surface area contributed by atoms with E-state index in [-0.39, 0.29) is 0 Å². The van der Waals surface area contributed by atoms with Gasteiger partial charge in [-0.2, -0.15) is 0 Å². The molecule has 0 fully saturated rings. The minimum absolute atomic E-state index is 1.18. The maximum atomic E-state index is 3.58. The maximum Gasteiger partial charge on any atom is -0.0184 e. The fourth-order valence-corrected chi connectivity index (χ4v) is 0.690. The van der Waals surface area contributed by atoms with Crippen molar-refractivity contribution >= 4 is 6.08 Å². The first-order valence-electron chi connectivity index (χ1n) is 3.18. The third kappa shape index (κ3) is 1.90. The number of allylic oxidation sites excluding steroid dienone is 2. The topological polar surface area (TPSA) is 0 Å². The first-order valence-corrected chi connectivity index (χ1v) is 3.18. The summed E-state index contributed by atoms with van der Waals surface area (Å²) in [5, 5.41) is 0. The van der Waals surface area contributed by atoms with E-state index in [1.165, 1.54) is 5.56 Å². The Bertz CT molecular complexity index is 219. The molecule has 0 N–H and O–H groups in total. The van der Waals surface area contributed by atoms with E-state index in [1.54, 1.807) is 6.08 Å². The Hall–Kier alpha value is -1.30. The maximum absolute atomic E-state index is 3.58. The van der Waals surface area contributed by atoms with Gasteiger partial charge in [-0.15, -0.1) is 0 Å². The zero-order valence-corrected chi connectivity index (χ0v) is 5.75. The average Bonchev–Trinajstić information content (AvgIpc) is 2.03.